The maximum Gasteiger partial charge on any atom is 0.129 e. The quantitative estimate of drug-likeness (QED) is 0.852. The largest absolute Gasteiger partial charge is 0.298 e. The first-order valence-corrected chi connectivity index (χ1v) is 6.20. The SMILES string of the molecule is CN(Cc1ccccc1F)Cc1ccc(C#N)cc1F. The fourth-order valence-electron chi connectivity index (χ4n) is 2.01. The van der Waals surface area contributed by atoms with Crippen molar-refractivity contribution in [2.75, 3.05) is 7.05 Å². The fraction of sp³-hybridized carbons (Fsp3) is 0.188. The van der Waals surface area contributed by atoms with Crippen LogP contribution in [0.4, 0.5) is 8.78 Å². The van der Waals surface area contributed by atoms with Crippen LogP contribution in [0.3, 0.4) is 0 Å². The van der Waals surface area contributed by atoms with Gasteiger partial charge in [-0.05, 0) is 25.2 Å². The third-order valence-electron chi connectivity index (χ3n) is 3.02. The molecule has 4 heteroatoms. The molecule has 0 radical (unpaired) electrons. The Kier molecular flexibility index (Phi) is 4.44. The Balaban J connectivity index is 2.07. The predicted molar refractivity (Wildman–Crippen MR) is 72.7 cm³/mol. The molecule has 0 aliphatic carbocycles. The average Bonchev–Trinajstić information content (AvgIpc) is 2.43. The molecule has 0 bridgehead atoms. The number of halogens is 2. The van der Waals surface area contributed by atoms with Crippen LogP contribution in [-0.2, 0) is 13.1 Å². The molecule has 0 aliphatic heterocycles. The van der Waals surface area contributed by atoms with Gasteiger partial charge in [0.25, 0.3) is 0 Å². The minimum Gasteiger partial charge on any atom is -0.298 e. The molecule has 0 spiro atoms. The molecule has 0 N–H and O–H groups in total. The second-order valence-electron chi connectivity index (χ2n) is 4.68. The van der Waals surface area contributed by atoms with Crippen molar-refractivity contribution in [2.24, 2.45) is 0 Å². The molecule has 0 heterocycles. The van der Waals surface area contributed by atoms with Crippen molar-refractivity contribution in [2.45, 2.75) is 13.1 Å². The number of nitrogens with zero attached hydrogens (tertiary/aromatic N) is 2. The van der Waals surface area contributed by atoms with Crippen molar-refractivity contribution < 1.29 is 8.78 Å². The van der Waals surface area contributed by atoms with Crippen molar-refractivity contribution in [3.05, 3.63) is 70.8 Å². The van der Waals surface area contributed by atoms with Crippen molar-refractivity contribution in [3.63, 3.8) is 0 Å². The van der Waals surface area contributed by atoms with Gasteiger partial charge in [-0.15, -0.1) is 0 Å². The first-order chi connectivity index (χ1) is 9.60. The molecular weight excluding hydrogens is 258 g/mol. The summed E-state index contributed by atoms with van der Waals surface area (Å²) in [6, 6.07) is 12.8. The molecule has 20 heavy (non-hydrogen) atoms. The Morgan fingerprint density at radius 1 is 1.00 bits per heavy atom. The third kappa shape index (κ3) is 3.40. The van der Waals surface area contributed by atoms with Crippen LogP contribution in [0.15, 0.2) is 42.5 Å². The van der Waals surface area contributed by atoms with Crippen LogP contribution in [0.2, 0.25) is 0 Å². The van der Waals surface area contributed by atoms with E-state index >= 15 is 0 Å². The molecular formula is C16H14F2N2. The summed E-state index contributed by atoms with van der Waals surface area (Å²) in [5, 5.41) is 8.69. The summed E-state index contributed by atoms with van der Waals surface area (Å²) < 4.78 is 27.3. The average molecular weight is 272 g/mol. The summed E-state index contributed by atoms with van der Waals surface area (Å²) >= 11 is 0. The Hall–Kier alpha value is -2.25. The molecule has 0 fully saturated rings. The topological polar surface area (TPSA) is 27.0 Å². The maximum atomic E-state index is 13.8. The van der Waals surface area contributed by atoms with Gasteiger partial charge in [-0.1, -0.05) is 24.3 Å². The third-order valence-corrected chi connectivity index (χ3v) is 3.02. The van der Waals surface area contributed by atoms with E-state index in [0.717, 1.165) is 0 Å². The summed E-state index contributed by atoms with van der Waals surface area (Å²) in [4.78, 5) is 1.82. The van der Waals surface area contributed by atoms with Gasteiger partial charge in [0.05, 0.1) is 11.6 Å². The van der Waals surface area contributed by atoms with Crippen LogP contribution in [-0.4, -0.2) is 11.9 Å². The highest BCUT2D eigenvalue weighted by Crippen LogP contribution is 2.14. The lowest BCUT2D eigenvalue weighted by molar-refractivity contribution is 0.308. The molecule has 0 aliphatic rings. The van der Waals surface area contributed by atoms with Gasteiger partial charge in [0.1, 0.15) is 11.6 Å². The number of rotatable bonds is 4. The van der Waals surface area contributed by atoms with E-state index < -0.39 is 5.82 Å². The van der Waals surface area contributed by atoms with E-state index in [1.165, 1.54) is 12.1 Å². The van der Waals surface area contributed by atoms with Crippen molar-refractivity contribution in [3.8, 4) is 6.07 Å². The highest BCUT2D eigenvalue weighted by molar-refractivity contribution is 5.32. The second kappa shape index (κ2) is 6.27. The number of nitriles is 1. The zero-order valence-corrected chi connectivity index (χ0v) is 11.1. The predicted octanol–water partition coefficient (Wildman–Crippen LogP) is 3.47. The summed E-state index contributed by atoms with van der Waals surface area (Å²) in [7, 11) is 1.80. The lowest BCUT2D eigenvalue weighted by Gasteiger charge is -2.17. The molecule has 0 saturated heterocycles. The van der Waals surface area contributed by atoms with Crippen LogP contribution >= 0.6 is 0 Å². The van der Waals surface area contributed by atoms with E-state index in [1.54, 1.807) is 37.4 Å². The lowest BCUT2D eigenvalue weighted by Crippen LogP contribution is -2.18. The minimum absolute atomic E-state index is 0.264. The molecule has 2 rings (SSSR count). The first-order valence-electron chi connectivity index (χ1n) is 6.20. The zero-order chi connectivity index (χ0) is 14.5. The highest BCUT2D eigenvalue weighted by Gasteiger charge is 2.09. The van der Waals surface area contributed by atoms with Crippen LogP contribution in [0, 0.1) is 23.0 Å². The molecule has 102 valence electrons. The van der Waals surface area contributed by atoms with Crippen molar-refractivity contribution >= 4 is 0 Å². The standard InChI is InChI=1S/C16H14F2N2/c1-20(10-13-4-2-3-5-15(13)17)11-14-7-6-12(9-19)8-16(14)18/h2-8H,10-11H2,1H3. The molecule has 2 aromatic rings. The van der Waals surface area contributed by atoms with E-state index in [9.17, 15) is 8.78 Å². The monoisotopic (exact) mass is 272 g/mol. The smallest absolute Gasteiger partial charge is 0.129 e. The van der Waals surface area contributed by atoms with Gasteiger partial charge in [0.2, 0.25) is 0 Å². The minimum atomic E-state index is -0.413. The van der Waals surface area contributed by atoms with Crippen molar-refractivity contribution in [1.82, 2.24) is 4.90 Å². The Morgan fingerprint density at radius 2 is 1.65 bits per heavy atom. The summed E-state index contributed by atoms with van der Waals surface area (Å²) in [5.41, 5.74) is 1.36. The van der Waals surface area contributed by atoms with Gasteiger partial charge in [0, 0.05) is 24.2 Å². The number of benzene rings is 2. The molecule has 0 amide bonds. The van der Waals surface area contributed by atoms with E-state index in [-0.39, 0.29) is 5.82 Å². The summed E-state index contributed by atoms with van der Waals surface area (Å²) in [6.07, 6.45) is 0. The van der Waals surface area contributed by atoms with Crippen LogP contribution in [0.25, 0.3) is 0 Å². The molecule has 0 saturated carbocycles. The molecule has 0 aromatic heterocycles. The molecule has 0 atom stereocenters. The number of hydrogen-bond donors (Lipinski definition) is 0. The van der Waals surface area contributed by atoms with E-state index in [4.69, 9.17) is 5.26 Å². The van der Waals surface area contributed by atoms with Crippen molar-refractivity contribution in [1.29, 1.82) is 5.26 Å². The Morgan fingerprint density at radius 3 is 2.25 bits per heavy atom. The lowest BCUT2D eigenvalue weighted by atomic mass is 10.1. The van der Waals surface area contributed by atoms with Crippen LogP contribution in [0.5, 0.6) is 0 Å². The van der Waals surface area contributed by atoms with Gasteiger partial charge in [-0.2, -0.15) is 5.26 Å². The summed E-state index contributed by atoms with van der Waals surface area (Å²) in [6.45, 7) is 0.748. The second-order valence-corrected chi connectivity index (χ2v) is 4.68. The highest BCUT2D eigenvalue weighted by atomic mass is 19.1. The van der Waals surface area contributed by atoms with Gasteiger partial charge < -0.3 is 0 Å². The van der Waals surface area contributed by atoms with Gasteiger partial charge in [-0.3, -0.25) is 4.90 Å². The fourth-order valence-corrected chi connectivity index (χ4v) is 2.01. The van der Waals surface area contributed by atoms with Gasteiger partial charge in [0.15, 0.2) is 0 Å². The van der Waals surface area contributed by atoms with Gasteiger partial charge in [-0.25, -0.2) is 8.78 Å². The van der Waals surface area contributed by atoms with E-state index in [2.05, 4.69) is 0 Å². The molecule has 2 aromatic carbocycles. The van der Waals surface area contributed by atoms with E-state index in [1.807, 2.05) is 11.0 Å². The number of hydrogen-bond acceptors (Lipinski definition) is 2. The Bertz CT molecular complexity index is 647. The summed E-state index contributed by atoms with van der Waals surface area (Å²) in [5.74, 6) is -0.677. The maximum absolute atomic E-state index is 13.8. The first kappa shape index (κ1) is 14.2. The Labute approximate surface area is 116 Å². The van der Waals surface area contributed by atoms with Crippen LogP contribution in [0.1, 0.15) is 16.7 Å². The zero-order valence-electron chi connectivity index (χ0n) is 11.1. The van der Waals surface area contributed by atoms with Crippen LogP contribution < -0.4 is 0 Å². The molecule has 0 unspecified atom stereocenters. The normalized spacial score (nSPS) is 10.6. The molecule has 2 nitrogen and oxygen atoms in total. The van der Waals surface area contributed by atoms with Gasteiger partial charge >= 0.3 is 0 Å². The van der Waals surface area contributed by atoms with E-state index in [0.29, 0.717) is 29.8 Å².